The number of ether oxygens (including phenoxy) is 3. The van der Waals surface area contributed by atoms with Gasteiger partial charge in [-0.25, -0.2) is 4.99 Å². The van der Waals surface area contributed by atoms with Crippen molar-refractivity contribution in [1.82, 2.24) is 0 Å². The smallest absolute Gasteiger partial charge is 0.259 e. The first-order valence-corrected chi connectivity index (χ1v) is 10.5. The van der Waals surface area contributed by atoms with Gasteiger partial charge in [-0.1, -0.05) is 30.0 Å². The van der Waals surface area contributed by atoms with Crippen molar-refractivity contribution in [3.63, 3.8) is 0 Å². The van der Waals surface area contributed by atoms with Crippen molar-refractivity contribution >= 4 is 34.6 Å². The molecule has 2 heterocycles. The number of fused-ring (bicyclic) bond motifs is 1. The predicted molar refractivity (Wildman–Crippen MR) is 124 cm³/mol. The number of methoxy groups -OCH3 is 3. The van der Waals surface area contributed by atoms with Crippen LogP contribution in [0.1, 0.15) is 29.3 Å². The van der Waals surface area contributed by atoms with E-state index >= 15 is 0 Å². The van der Waals surface area contributed by atoms with Crippen LogP contribution in [0.3, 0.4) is 0 Å². The maximum absolute atomic E-state index is 13.2. The lowest BCUT2D eigenvalue weighted by molar-refractivity contribution is 0.102. The summed E-state index contributed by atoms with van der Waals surface area (Å²) in [5.41, 5.74) is 2.81. The summed E-state index contributed by atoms with van der Waals surface area (Å²) in [6, 6.07) is 10.9. The Morgan fingerprint density at radius 3 is 2.55 bits per heavy atom. The van der Waals surface area contributed by atoms with E-state index in [4.69, 9.17) is 19.2 Å². The Kier molecular flexibility index (Phi) is 5.73. The van der Waals surface area contributed by atoms with Crippen LogP contribution in [0.5, 0.6) is 17.2 Å². The number of nitrogens with zero attached hydrogens (tertiary/aromatic N) is 2. The van der Waals surface area contributed by atoms with E-state index in [-0.39, 0.29) is 10.7 Å². The number of amides is 1. The van der Waals surface area contributed by atoms with Gasteiger partial charge in [0.15, 0.2) is 11.5 Å². The van der Waals surface area contributed by atoms with E-state index in [1.807, 2.05) is 30.5 Å². The van der Waals surface area contributed by atoms with Gasteiger partial charge in [-0.05, 0) is 25.1 Å². The zero-order valence-electron chi connectivity index (χ0n) is 17.8. The highest BCUT2D eigenvalue weighted by atomic mass is 32.2. The number of hydrogen-bond donors (Lipinski definition) is 1. The standard InChI is InChI=1S/C23H23N3O4S/c1-23-11-12-24-13-18(23)26-22(31-23)14-7-5-6-8-16(14)25-21(27)15-9-10-17(28-2)20(30-4)19(15)29-3/h5-10,12-13H,11H2,1-4H3,(H,25,27). The molecule has 0 saturated carbocycles. The lowest BCUT2D eigenvalue weighted by Crippen LogP contribution is -2.22. The van der Waals surface area contributed by atoms with Crippen molar-refractivity contribution in [3.8, 4) is 17.2 Å². The average Bonchev–Trinajstić information content (AvgIpc) is 3.15. The maximum Gasteiger partial charge on any atom is 0.259 e. The Bertz CT molecular complexity index is 1130. The van der Waals surface area contributed by atoms with Gasteiger partial charge < -0.3 is 19.5 Å². The first-order chi connectivity index (χ1) is 15.0. The summed E-state index contributed by atoms with van der Waals surface area (Å²) >= 11 is 1.68. The zero-order chi connectivity index (χ0) is 22.0. The van der Waals surface area contributed by atoms with Crippen molar-refractivity contribution in [3.05, 3.63) is 59.4 Å². The van der Waals surface area contributed by atoms with Crippen LogP contribution in [0.2, 0.25) is 0 Å². The second-order valence-electron chi connectivity index (χ2n) is 7.18. The lowest BCUT2D eigenvalue weighted by atomic mass is 10.0. The Morgan fingerprint density at radius 2 is 1.84 bits per heavy atom. The van der Waals surface area contributed by atoms with Crippen LogP contribution in [0.4, 0.5) is 5.69 Å². The summed E-state index contributed by atoms with van der Waals surface area (Å²) in [5.74, 6) is 0.843. The topological polar surface area (TPSA) is 81.5 Å². The fourth-order valence-corrected chi connectivity index (χ4v) is 4.76. The minimum Gasteiger partial charge on any atom is -0.493 e. The Hall–Kier alpha value is -3.26. The maximum atomic E-state index is 13.2. The molecule has 0 aromatic heterocycles. The quantitative estimate of drug-likeness (QED) is 0.718. The van der Waals surface area contributed by atoms with Gasteiger partial charge in [0, 0.05) is 24.4 Å². The molecule has 160 valence electrons. The van der Waals surface area contributed by atoms with Crippen LogP contribution in [0.15, 0.2) is 58.3 Å². The van der Waals surface area contributed by atoms with Gasteiger partial charge in [-0.3, -0.25) is 9.79 Å². The highest BCUT2D eigenvalue weighted by Crippen LogP contribution is 2.47. The highest BCUT2D eigenvalue weighted by molar-refractivity contribution is 8.16. The Balaban J connectivity index is 1.67. The predicted octanol–water partition coefficient (Wildman–Crippen LogP) is 4.53. The normalized spacial score (nSPS) is 19.2. The lowest BCUT2D eigenvalue weighted by Gasteiger charge is -2.23. The number of para-hydroxylation sites is 1. The van der Waals surface area contributed by atoms with E-state index < -0.39 is 0 Å². The molecule has 7 nitrogen and oxygen atoms in total. The largest absolute Gasteiger partial charge is 0.493 e. The molecule has 2 aliphatic heterocycles. The van der Waals surface area contributed by atoms with Gasteiger partial charge in [0.25, 0.3) is 5.91 Å². The van der Waals surface area contributed by atoms with E-state index in [1.165, 1.54) is 21.3 Å². The molecule has 2 aromatic carbocycles. The third-order valence-electron chi connectivity index (χ3n) is 5.22. The van der Waals surface area contributed by atoms with Crippen LogP contribution in [0, 0.1) is 0 Å². The van der Waals surface area contributed by atoms with E-state index in [0.29, 0.717) is 28.5 Å². The number of carbonyl (C=O) groups excluding carboxylic acids is 1. The molecule has 0 bridgehead atoms. The van der Waals surface area contributed by atoms with Crippen molar-refractivity contribution in [2.75, 3.05) is 26.6 Å². The fraction of sp³-hybridized carbons (Fsp3) is 0.261. The van der Waals surface area contributed by atoms with Crippen LogP contribution in [-0.4, -0.2) is 43.2 Å². The number of benzene rings is 2. The van der Waals surface area contributed by atoms with Crippen molar-refractivity contribution in [1.29, 1.82) is 0 Å². The molecule has 4 rings (SSSR count). The minimum atomic E-state index is -0.319. The van der Waals surface area contributed by atoms with Gasteiger partial charge in [-0.2, -0.15) is 0 Å². The van der Waals surface area contributed by atoms with Crippen LogP contribution >= 0.6 is 11.8 Å². The van der Waals surface area contributed by atoms with Crippen molar-refractivity contribution in [2.45, 2.75) is 18.1 Å². The zero-order valence-corrected chi connectivity index (χ0v) is 18.6. The highest BCUT2D eigenvalue weighted by Gasteiger charge is 2.39. The monoisotopic (exact) mass is 437 g/mol. The molecule has 0 fully saturated rings. The summed E-state index contributed by atoms with van der Waals surface area (Å²) < 4.78 is 16.0. The van der Waals surface area contributed by atoms with E-state index in [1.54, 1.807) is 30.1 Å². The second kappa shape index (κ2) is 8.47. The van der Waals surface area contributed by atoms with Crippen LogP contribution < -0.4 is 19.5 Å². The summed E-state index contributed by atoms with van der Waals surface area (Å²) in [7, 11) is 4.53. The summed E-state index contributed by atoms with van der Waals surface area (Å²) in [4.78, 5) is 22.2. The van der Waals surface area contributed by atoms with Crippen molar-refractivity contribution < 1.29 is 19.0 Å². The number of carbonyl (C=O) groups is 1. The Morgan fingerprint density at radius 1 is 1.06 bits per heavy atom. The molecule has 0 aliphatic carbocycles. The van der Waals surface area contributed by atoms with Gasteiger partial charge in [0.05, 0.1) is 43.0 Å². The molecule has 0 radical (unpaired) electrons. The van der Waals surface area contributed by atoms with E-state index in [9.17, 15) is 4.79 Å². The summed E-state index contributed by atoms with van der Waals surface area (Å²) in [6.45, 7) is 2.15. The van der Waals surface area contributed by atoms with Crippen LogP contribution in [-0.2, 0) is 0 Å². The van der Waals surface area contributed by atoms with Gasteiger partial charge >= 0.3 is 0 Å². The number of thioether (sulfide) groups is 1. The average molecular weight is 438 g/mol. The van der Waals surface area contributed by atoms with Gasteiger partial charge in [0.2, 0.25) is 5.75 Å². The van der Waals surface area contributed by atoms with E-state index in [2.05, 4.69) is 17.2 Å². The molecule has 1 atom stereocenters. The summed E-state index contributed by atoms with van der Waals surface area (Å²) in [5, 5.41) is 3.86. The molecule has 2 aromatic rings. The number of anilines is 1. The van der Waals surface area contributed by atoms with Crippen LogP contribution in [0.25, 0.3) is 0 Å². The molecule has 8 heteroatoms. The fourth-order valence-electron chi connectivity index (χ4n) is 3.54. The molecule has 31 heavy (non-hydrogen) atoms. The van der Waals surface area contributed by atoms with Gasteiger partial charge in [0.1, 0.15) is 5.04 Å². The number of rotatable bonds is 6. The SMILES string of the molecule is COc1ccc(C(=O)Nc2ccccc2C2=NC3=CN=CCC3(C)S2)c(OC)c1OC. The molecule has 0 spiro atoms. The third kappa shape index (κ3) is 3.79. The van der Waals surface area contributed by atoms with E-state index in [0.717, 1.165) is 22.7 Å². The number of nitrogens with one attached hydrogen (secondary N) is 1. The second-order valence-corrected chi connectivity index (χ2v) is 8.67. The molecular formula is C23H23N3O4S. The molecule has 1 unspecified atom stereocenters. The molecular weight excluding hydrogens is 414 g/mol. The minimum absolute atomic E-state index is 0.138. The molecule has 1 N–H and O–H groups in total. The first kappa shape index (κ1) is 21.0. The first-order valence-electron chi connectivity index (χ1n) is 9.70. The van der Waals surface area contributed by atoms with Gasteiger partial charge in [-0.15, -0.1) is 0 Å². The Labute approximate surface area is 185 Å². The summed E-state index contributed by atoms with van der Waals surface area (Å²) in [6.07, 6.45) is 4.53. The van der Waals surface area contributed by atoms with Crippen molar-refractivity contribution in [2.24, 2.45) is 9.98 Å². The number of aliphatic imine (C=N–C) groups is 2. The number of hydrogen-bond acceptors (Lipinski definition) is 7. The molecule has 0 saturated heterocycles. The third-order valence-corrected chi connectivity index (χ3v) is 6.55. The molecule has 2 aliphatic rings. The molecule has 1 amide bonds.